The predicted octanol–water partition coefficient (Wildman–Crippen LogP) is 4.24. The summed E-state index contributed by atoms with van der Waals surface area (Å²) >= 11 is 6.27. The second kappa shape index (κ2) is 13.6. The zero-order valence-corrected chi connectivity index (χ0v) is 29.4. The minimum absolute atomic E-state index is 0.0448. The molecule has 0 unspecified atom stereocenters. The summed E-state index contributed by atoms with van der Waals surface area (Å²) in [5.74, 6) is -0.0158. The molecule has 6 aliphatic rings. The third-order valence-corrected chi connectivity index (χ3v) is 12.5. The lowest BCUT2D eigenvalue weighted by atomic mass is 9.75. The number of ether oxygens (including phenoxy) is 1. The van der Waals surface area contributed by atoms with Crippen molar-refractivity contribution >= 4 is 29.3 Å². The van der Waals surface area contributed by atoms with E-state index in [9.17, 15) is 14.4 Å². The van der Waals surface area contributed by atoms with Crippen LogP contribution < -0.4 is 0 Å². The molecule has 0 N–H and O–H groups in total. The fourth-order valence-electron chi connectivity index (χ4n) is 9.07. The lowest BCUT2D eigenvalue weighted by Gasteiger charge is -2.43. The number of piperazine rings is 1. The van der Waals surface area contributed by atoms with E-state index in [1.54, 1.807) is 0 Å². The Kier molecular flexibility index (Phi) is 9.64. The first-order valence-corrected chi connectivity index (χ1v) is 18.7. The Morgan fingerprint density at radius 3 is 2.21 bits per heavy atom. The van der Waals surface area contributed by atoms with Crippen molar-refractivity contribution in [3.63, 3.8) is 0 Å². The summed E-state index contributed by atoms with van der Waals surface area (Å²) in [5, 5.41) is 0.691. The minimum Gasteiger partial charge on any atom is -0.368 e. The average molecular weight is 668 g/mol. The first-order valence-electron chi connectivity index (χ1n) is 18.3. The highest BCUT2D eigenvalue weighted by Crippen LogP contribution is 2.43. The van der Waals surface area contributed by atoms with Gasteiger partial charge in [-0.15, -0.1) is 0 Å². The van der Waals surface area contributed by atoms with Crippen LogP contribution in [-0.2, 0) is 19.1 Å². The van der Waals surface area contributed by atoms with Gasteiger partial charge in [0.05, 0.1) is 12.0 Å². The maximum absolute atomic E-state index is 15.0. The predicted molar refractivity (Wildman–Crippen MR) is 182 cm³/mol. The fourth-order valence-corrected chi connectivity index (χ4v) is 9.20. The summed E-state index contributed by atoms with van der Waals surface area (Å²) in [6.45, 7) is 10.2. The molecule has 4 heterocycles. The summed E-state index contributed by atoms with van der Waals surface area (Å²) < 4.78 is 5.97. The number of carbonyl (C=O) groups is 3. The van der Waals surface area contributed by atoms with E-state index in [1.165, 1.54) is 12.8 Å². The Labute approximate surface area is 285 Å². The van der Waals surface area contributed by atoms with Crippen LogP contribution in [0, 0.1) is 11.3 Å². The maximum Gasteiger partial charge on any atom is 0.252 e. The lowest BCUT2D eigenvalue weighted by molar-refractivity contribution is -0.148. The minimum atomic E-state index is -0.559. The second-order valence-corrected chi connectivity index (χ2v) is 16.6. The molecule has 47 heavy (non-hydrogen) atoms. The van der Waals surface area contributed by atoms with E-state index >= 15 is 0 Å². The number of benzene rings is 1. The highest BCUT2D eigenvalue weighted by Gasteiger charge is 2.52. The Bertz CT molecular complexity index is 1300. The molecular weight excluding hydrogens is 614 g/mol. The second-order valence-electron chi connectivity index (χ2n) is 16.1. The topological polar surface area (TPSA) is 76.6 Å². The molecule has 2 saturated carbocycles. The van der Waals surface area contributed by atoms with Crippen LogP contribution in [0.1, 0.15) is 83.1 Å². The van der Waals surface area contributed by atoms with Crippen LogP contribution in [0.3, 0.4) is 0 Å². The standard InChI is InChI=1S/C37H54ClN5O4/c1-37(2)14-12-28(13-15-37)43(36(46)33-5-4-20-47-33)29-21-32(35(45)40-18-16-39(3)17-19-40)42(22-29)34(44)31-24-41(27-10-11-27)23-30(31)25-6-8-26(38)9-7-25/h6-9,27-33H,4-5,10-24H2,1-3H3/t29-,30-,31-,32+,33-/m0/s1. The zero-order valence-electron chi connectivity index (χ0n) is 28.6. The summed E-state index contributed by atoms with van der Waals surface area (Å²) in [7, 11) is 2.09. The van der Waals surface area contributed by atoms with Crippen LogP contribution in [0.25, 0.3) is 0 Å². The van der Waals surface area contributed by atoms with Gasteiger partial charge in [-0.1, -0.05) is 37.6 Å². The molecule has 2 aliphatic carbocycles. The molecule has 7 rings (SSSR count). The van der Waals surface area contributed by atoms with Crippen molar-refractivity contribution in [2.45, 2.75) is 108 Å². The molecule has 3 amide bonds. The first kappa shape index (κ1) is 33.3. The Hall–Kier alpha value is -2.20. The zero-order chi connectivity index (χ0) is 32.9. The van der Waals surface area contributed by atoms with Crippen molar-refractivity contribution in [1.82, 2.24) is 24.5 Å². The third-order valence-electron chi connectivity index (χ3n) is 12.2. The van der Waals surface area contributed by atoms with E-state index in [2.05, 4.69) is 47.7 Å². The van der Waals surface area contributed by atoms with Crippen LogP contribution in [0.4, 0.5) is 0 Å². The maximum atomic E-state index is 15.0. The number of carbonyl (C=O) groups excluding carboxylic acids is 3. The van der Waals surface area contributed by atoms with Crippen molar-refractivity contribution in [1.29, 1.82) is 0 Å². The van der Waals surface area contributed by atoms with Crippen molar-refractivity contribution in [2.24, 2.45) is 11.3 Å². The Morgan fingerprint density at radius 1 is 0.872 bits per heavy atom. The SMILES string of the molecule is CN1CCN(C(=O)[C@H]2C[C@H](N(C(=O)[C@@H]3CCCO3)C3CCC(C)(C)CC3)CN2C(=O)[C@H]2CN(C3CC3)C[C@H]2c2ccc(Cl)cc2)CC1. The monoisotopic (exact) mass is 667 g/mol. The number of nitrogens with zero attached hydrogens (tertiary/aromatic N) is 5. The number of rotatable bonds is 7. The molecule has 9 nitrogen and oxygen atoms in total. The smallest absolute Gasteiger partial charge is 0.252 e. The third kappa shape index (κ3) is 7.10. The van der Waals surface area contributed by atoms with Gasteiger partial charge in [0.2, 0.25) is 11.8 Å². The van der Waals surface area contributed by atoms with Gasteiger partial charge in [-0.05, 0) is 87.9 Å². The van der Waals surface area contributed by atoms with E-state index in [4.69, 9.17) is 16.3 Å². The number of halogens is 1. The van der Waals surface area contributed by atoms with Gasteiger partial charge in [-0.3, -0.25) is 19.3 Å². The summed E-state index contributed by atoms with van der Waals surface area (Å²) in [6, 6.07) is 7.87. The normalized spacial score (nSPS) is 32.2. The number of amides is 3. The molecule has 1 aromatic carbocycles. The molecule has 1 aromatic rings. The van der Waals surface area contributed by atoms with E-state index in [0.29, 0.717) is 50.3 Å². The van der Waals surface area contributed by atoms with Crippen LogP contribution in [0.2, 0.25) is 5.02 Å². The molecule has 6 fully saturated rings. The molecule has 4 aliphatic heterocycles. The van der Waals surface area contributed by atoms with Crippen LogP contribution in [0.5, 0.6) is 0 Å². The Balaban J connectivity index is 1.19. The van der Waals surface area contributed by atoms with Crippen molar-refractivity contribution < 1.29 is 19.1 Å². The van der Waals surface area contributed by atoms with E-state index in [1.807, 2.05) is 21.9 Å². The van der Waals surface area contributed by atoms with Crippen molar-refractivity contribution in [3.05, 3.63) is 34.9 Å². The molecule has 0 spiro atoms. The van der Waals surface area contributed by atoms with Gasteiger partial charge in [0.15, 0.2) is 0 Å². The number of hydrogen-bond acceptors (Lipinski definition) is 6. The molecule has 4 saturated heterocycles. The summed E-state index contributed by atoms with van der Waals surface area (Å²) in [6.07, 6.45) is 8.11. The molecule has 258 valence electrons. The van der Waals surface area contributed by atoms with Crippen LogP contribution >= 0.6 is 11.6 Å². The fraction of sp³-hybridized carbons (Fsp3) is 0.757. The van der Waals surface area contributed by atoms with Gasteiger partial charge < -0.3 is 24.3 Å². The van der Waals surface area contributed by atoms with E-state index < -0.39 is 12.1 Å². The molecule has 0 radical (unpaired) electrons. The molecule has 0 aromatic heterocycles. The number of likely N-dealkylation sites (tertiary alicyclic amines) is 2. The number of likely N-dealkylation sites (N-methyl/N-ethyl adjacent to an activating group) is 1. The molecule has 10 heteroatoms. The van der Waals surface area contributed by atoms with Crippen LogP contribution in [-0.4, -0.2) is 132 Å². The highest BCUT2D eigenvalue weighted by molar-refractivity contribution is 6.30. The van der Waals surface area contributed by atoms with Gasteiger partial charge >= 0.3 is 0 Å². The van der Waals surface area contributed by atoms with Gasteiger partial charge in [0.25, 0.3) is 5.91 Å². The highest BCUT2D eigenvalue weighted by atomic mass is 35.5. The van der Waals surface area contributed by atoms with Gasteiger partial charge in [0.1, 0.15) is 12.1 Å². The average Bonchev–Trinajstić information content (AvgIpc) is 3.42. The molecule has 0 bridgehead atoms. The first-order chi connectivity index (χ1) is 22.6. The van der Waals surface area contributed by atoms with E-state index in [0.717, 1.165) is 63.7 Å². The van der Waals surface area contributed by atoms with Gasteiger partial charge in [-0.25, -0.2) is 0 Å². The summed E-state index contributed by atoms with van der Waals surface area (Å²) in [5.41, 5.74) is 1.40. The van der Waals surface area contributed by atoms with Crippen molar-refractivity contribution in [3.8, 4) is 0 Å². The molecule has 5 atom stereocenters. The van der Waals surface area contributed by atoms with Gasteiger partial charge in [0, 0.05) is 75.4 Å². The van der Waals surface area contributed by atoms with Crippen molar-refractivity contribution in [2.75, 3.05) is 59.5 Å². The van der Waals surface area contributed by atoms with Gasteiger partial charge in [-0.2, -0.15) is 0 Å². The quantitative estimate of drug-likeness (QED) is 0.433. The number of hydrogen-bond donors (Lipinski definition) is 0. The summed E-state index contributed by atoms with van der Waals surface area (Å²) in [4.78, 5) is 54.4. The lowest BCUT2D eigenvalue weighted by Crippen LogP contribution is -2.54. The van der Waals surface area contributed by atoms with E-state index in [-0.39, 0.29) is 47.1 Å². The van der Waals surface area contributed by atoms with Crippen LogP contribution in [0.15, 0.2) is 24.3 Å². The molecular formula is C37H54ClN5O4. The Morgan fingerprint density at radius 2 is 1.57 bits per heavy atom. The largest absolute Gasteiger partial charge is 0.368 e.